The van der Waals surface area contributed by atoms with Gasteiger partial charge in [0.2, 0.25) is 0 Å². The van der Waals surface area contributed by atoms with E-state index in [9.17, 15) is 4.79 Å². The summed E-state index contributed by atoms with van der Waals surface area (Å²) in [4.78, 5) is 10.6. The molecule has 180 valence electrons. The lowest BCUT2D eigenvalue weighted by Gasteiger charge is -2.18. The van der Waals surface area contributed by atoms with Crippen molar-refractivity contribution < 1.29 is 14.3 Å². The van der Waals surface area contributed by atoms with Crippen molar-refractivity contribution in [3.63, 3.8) is 0 Å². The lowest BCUT2D eigenvalue weighted by atomic mass is 10.2. The summed E-state index contributed by atoms with van der Waals surface area (Å²) in [5, 5.41) is 4.19. The Morgan fingerprint density at radius 1 is 0.686 bits per heavy atom. The summed E-state index contributed by atoms with van der Waals surface area (Å²) in [6, 6.07) is 39.9. The van der Waals surface area contributed by atoms with Gasteiger partial charge in [0.05, 0.1) is 6.61 Å². The van der Waals surface area contributed by atoms with Crippen LogP contribution < -0.4 is 20.7 Å². The maximum atomic E-state index is 10.6. The van der Waals surface area contributed by atoms with Crippen LogP contribution in [0.3, 0.4) is 0 Å². The van der Waals surface area contributed by atoms with E-state index in [1.165, 1.54) is 22.8 Å². The Bertz CT molecular complexity index is 1020. The molecule has 35 heavy (non-hydrogen) atoms. The quantitative estimate of drug-likeness (QED) is 0.157. The van der Waals surface area contributed by atoms with Crippen LogP contribution in [0, 0.1) is 0 Å². The number of benzene rings is 4. The third-order valence-electron chi connectivity index (χ3n) is 5.18. The third-order valence-corrected chi connectivity index (χ3v) is 7.62. The zero-order chi connectivity index (χ0) is 24.7. The molecule has 4 aromatic carbocycles. The van der Waals surface area contributed by atoms with Crippen LogP contribution in [0.25, 0.3) is 0 Å². The summed E-state index contributed by atoms with van der Waals surface area (Å²) >= 11 is 0. The zero-order valence-corrected chi connectivity index (χ0v) is 21.4. The SMILES string of the molecule is CCCCOc1ccc(COC(C)=O)cc1.c1ccc(P(c2ccccc2)c2ccccc2)cc1. The van der Waals surface area contributed by atoms with E-state index in [0.29, 0.717) is 6.61 Å². The van der Waals surface area contributed by atoms with Gasteiger partial charge in [0.1, 0.15) is 12.4 Å². The molecule has 0 atom stereocenters. The van der Waals surface area contributed by atoms with Gasteiger partial charge in [-0.3, -0.25) is 4.79 Å². The number of ether oxygens (including phenoxy) is 2. The molecule has 0 aliphatic heterocycles. The number of hydrogen-bond donors (Lipinski definition) is 0. The second-order valence-corrected chi connectivity index (χ2v) is 10.2. The average molecular weight is 485 g/mol. The highest BCUT2D eigenvalue weighted by Crippen LogP contribution is 2.32. The first kappa shape index (κ1) is 26.2. The number of esters is 1. The van der Waals surface area contributed by atoms with E-state index in [1.54, 1.807) is 0 Å². The van der Waals surface area contributed by atoms with Crippen molar-refractivity contribution in [2.24, 2.45) is 0 Å². The van der Waals surface area contributed by atoms with E-state index in [-0.39, 0.29) is 5.97 Å². The molecule has 0 amide bonds. The summed E-state index contributed by atoms with van der Waals surface area (Å²) in [5.41, 5.74) is 0.970. The molecule has 0 spiro atoms. The Morgan fingerprint density at radius 2 is 1.14 bits per heavy atom. The Balaban J connectivity index is 0.000000199. The fraction of sp³-hybridized carbons (Fsp3) is 0.194. The van der Waals surface area contributed by atoms with E-state index in [0.717, 1.165) is 30.8 Å². The summed E-state index contributed by atoms with van der Waals surface area (Å²) in [5.74, 6) is 0.600. The number of rotatable bonds is 9. The van der Waals surface area contributed by atoms with Gasteiger partial charge in [-0.1, -0.05) is 116 Å². The Morgan fingerprint density at radius 3 is 1.54 bits per heavy atom. The van der Waals surface area contributed by atoms with Crippen molar-refractivity contribution in [2.75, 3.05) is 6.61 Å². The van der Waals surface area contributed by atoms with E-state index in [4.69, 9.17) is 9.47 Å². The number of unbranched alkanes of at least 4 members (excludes halogenated alkanes) is 1. The Kier molecular flexibility index (Phi) is 11.0. The van der Waals surface area contributed by atoms with Crippen molar-refractivity contribution in [1.29, 1.82) is 0 Å². The molecule has 0 heterocycles. The molecule has 4 rings (SSSR count). The summed E-state index contributed by atoms with van der Waals surface area (Å²) in [7, 11) is -0.446. The molecule has 0 bridgehead atoms. The van der Waals surface area contributed by atoms with Crippen molar-refractivity contribution in [2.45, 2.75) is 33.3 Å². The first-order valence-electron chi connectivity index (χ1n) is 12.0. The highest BCUT2D eigenvalue weighted by atomic mass is 31.1. The van der Waals surface area contributed by atoms with Crippen molar-refractivity contribution >= 4 is 29.8 Å². The first-order chi connectivity index (χ1) is 17.2. The van der Waals surface area contributed by atoms with Gasteiger partial charge >= 0.3 is 5.97 Å². The van der Waals surface area contributed by atoms with Gasteiger partial charge in [0.15, 0.2) is 0 Å². The second-order valence-electron chi connectivity index (χ2n) is 7.97. The summed E-state index contributed by atoms with van der Waals surface area (Å²) < 4.78 is 10.4. The maximum Gasteiger partial charge on any atom is 0.302 e. The lowest BCUT2D eigenvalue weighted by Crippen LogP contribution is -2.20. The smallest absolute Gasteiger partial charge is 0.302 e. The average Bonchev–Trinajstić information content (AvgIpc) is 2.91. The molecule has 4 aromatic rings. The van der Waals surface area contributed by atoms with Gasteiger partial charge < -0.3 is 9.47 Å². The van der Waals surface area contributed by atoms with Crippen LogP contribution in [-0.2, 0) is 16.1 Å². The predicted octanol–water partition coefficient (Wildman–Crippen LogP) is 6.37. The minimum Gasteiger partial charge on any atom is -0.494 e. The standard InChI is InChI=1S/C18H15P.C13H18O3/c1-4-10-16(11-5-1)19(17-12-6-2-7-13-17)18-14-8-3-9-15-18;1-3-4-9-15-13-7-5-12(6-8-13)10-16-11(2)14/h1-15H;5-8H,3-4,9-10H2,1-2H3. The van der Waals surface area contributed by atoms with Crippen LogP contribution in [0.5, 0.6) is 5.75 Å². The van der Waals surface area contributed by atoms with Gasteiger partial charge in [-0.05, 0) is 48.0 Å². The fourth-order valence-electron chi connectivity index (χ4n) is 3.38. The molecule has 0 saturated heterocycles. The van der Waals surface area contributed by atoms with Crippen LogP contribution >= 0.6 is 7.92 Å². The molecule has 3 nitrogen and oxygen atoms in total. The molecule has 0 aliphatic carbocycles. The van der Waals surface area contributed by atoms with Crippen LogP contribution in [0.15, 0.2) is 115 Å². The monoisotopic (exact) mass is 484 g/mol. The zero-order valence-electron chi connectivity index (χ0n) is 20.5. The Labute approximate surface area is 210 Å². The van der Waals surface area contributed by atoms with Gasteiger partial charge in [-0.25, -0.2) is 0 Å². The molecule has 0 aliphatic rings. The normalized spacial score (nSPS) is 10.3. The minimum atomic E-state index is -0.446. The van der Waals surface area contributed by atoms with Gasteiger partial charge in [-0.2, -0.15) is 0 Å². The molecule has 0 aromatic heterocycles. The summed E-state index contributed by atoms with van der Waals surface area (Å²) in [6.07, 6.45) is 2.19. The molecule has 0 N–H and O–H groups in total. The van der Waals surface area contributed by atoms with E-state index in [1.807, 2.05) is 24.3 Å². The second kappa shape index (κ2) is 14.8. The van der Waals surface area contributed by atoms with E-state index < -0.39 is 7.92 Å². The molecule has 0 unspecified atom stereocenters. The van der Waals surface area contributed by atoms with Crippen LogP contribution in [0.4, 0.5) is 0 Å². The molecule has 0 fully saturated rings. The van der Waals surface area contributed by atoms with Gasteiger partial charge in [0.25, 0.3) is 0 Å². The highest BCUT2D eigenvalue weighted by molar-refractivity contribution is 7.79. The van der Waals surface area contributed by atoms with E-state index in [2.05, 4.69) is 97.9 Å². The first-order valence-corrected chi connectivity index (χ1v) is 13.3. The van der Waals surface area contributed by atoms with Crippen molar-refractivity contribution in [1.82, 2.24) is 0 Å². The number of carbonyl (C=O) groups excluding carboxylic acids is 1. The van der Waals surface area contributed by atoms with Crippen LogP contribution in [0.2, 0.25) is 0 Å². The Hall–Kier alpha value is -3.42. The lowest BCUT2D eigenvalue weighted by molar-refractivity contribution is -0.142. The maximum absolute atomic E-state index is 10.6. The van der Waals surface area contributed by atoms with E-state index >= 15 is 0 Å². The van der Waals surface area contributed by atoms with Gasteiger partial charge in [-0.15, -0.1) is 0 Å². The third kappa shape index (κ3) is 9.03. The number of hydrogen-bond acceptors (Lipinski definition) is 3. The van der Waals surface area contributed by atoms with Crippen LogP contribution in [0.1, 0.15) is 32.3 Å². The van der Waals surface area contributed by atoms with Gasteiger partial charge in [0, 0.05) is 6.92 Å². The number of carbonyl (C=O) groups is 1. The van der Waals surface area contributed by atoms with Crippen LogP contribution in [-0.4, -0.2) is 12.6 Å². The van der Waals surface area contributed by atoms with Crippen molar-refractivity contribution in [3.05, 3.63) is 121 Å². The minimum absolute atomic E-state index is 0.261. The molecule has 0 radical (unpaired) electrons. The molecular formula is C31H33O3P. The molecular weight excluding hydrogens is 451 g/mol. The fourth-order valence-corrected chi connectivity index (χ4v) is 5.68. The highest BCUT2D eigenvalue weighted by Gasteiger charge is 2.15. The largest absolute Gasteiger partial charge is 0.494 e. The molecule has 4 heteroatoms. The topological polar surface area (TPSA) is 35.5 Å². The summed E-state index contributed by atoms with van der Waals surface area (Å²) in [6.45, 7) is 4.61. The predicted molar refractivity (Wildman–Crippen MR) is 147 cm³/mol. The molecule has 0 saturated carbocycles. The van der Waals surface area contributed by atoms with Crippen molar-refractivity contribution in [3.8, 4) is 5.75 Å².